The molecule has 0 aromatic heterocycles. The molecular weight excluding hydrogens is 392 g/mol. The molecule has 3 amide bonds. The van der Waals surface area contributed by atoms with E-state index in [0.29, 0.717) is 23.8 Å². The number of benzene rings is 1. The summed E-state index contributed by atoms with van der Waals surface area (Å²) in [6, 6.07) is 5.68. The summed E-state index contributed by atoms with van der Waals surface area (Å²) < 4.78 is 0. The maximum atomic E-state index is 13.1. The van der Waals surface area contributed by atoms with Crippen LogP contribution in [0.15, 0.2) is 18.2 Å². The first kappa shape index (κ1) is 19.4. The number of fused-ring (bicyclic) bond motifs is 1. The molecule has 3 atom stereocenters. The van der Waals surface area contributed by atoms with Crippen molar-refractivity contribution in [3.8, 4) is 0 Å². The number of rotatable bonds is 3. The van der Waals surface area contributed by atoms with Crippen LogP contribution in [0.4, 0.5) is 0 Å². The van der Waals surface area contributed by atoms with Crippen molar-refractivity contribution in [1.82, 2.24) is 20.4 Å². The number of hydrogen-bond donors (Lipinski definition) is 2. The molecule has 7 nitrogen and oxygen atoms in total. The summed E-state index contributed by atoms with van der Waals surface area (Å²) in [7, 11) is 0. The molecule has 31 heavy (non-hydrogen) atoms. The van der Waals surface area contributed by atoms with Gasteiger partial charge in [-0.1, -0.05) is 25.0 Å². The van der Waals surface area contributed by atoms with E-state index in [9.17, 15) is 14.4 Å². The Balaban J connectivity index is 1.19. The summed E-state index contributed by atoms with van der Waals surface area (Å²) in [5, 5.41) is 6.06. The predicted octanol–water partition coefficient (Wildman–Crippen LogP) is 1.41. The monoisotopic (exact) mass is 422 g/mol. The van der Waals surface area contributed by atoms with Crippen molar-refractivity contribution in [3.05, 3.63) is 34.9 Å². The second kappa shape index (κ2) is 6.87. The number of piperidine rings is 1. The van der Waals surface area contributed by atoms with Crippen LogP contribution in [0.2, 0.25) is 0 Å². The quantitative estimate of drug-likeness (QED) is 0.720. The molecule has 4 fully saturated rings. The zero-order chi connectivity index (χ0) is 21.2. The standard InChI is InChI=1S/C24H30N4O3/c29-20-6-5-19(21(30)26-20)28-11-17-4-3-16(9-18(17)22(28)31)10-27-14-23-7-1-2-8-24(23,15-27)13-25-12-23/h3-4,9,19,25H,1-2,5-8,10-15H2,(H,26,29,30). The number of carbonyl (C=O) groups is 3. The second-order valence-corrected chi connectivity index (χ2v) is 10.4. The van der Waals surface area contributed by atoms with Crippen LogP contribution in [-0.4, -0.2) is 59.7 Å². The van der Waals surface area contributed by atoms with Gasteiger partial charge in [0.1, 0.15) is 6.04 Å². The van der Waals surface area contributed by atoms with Gasteiger partial charge < -0.3 is 10.2 Å². The molecule has 0 radical (unpaired) electrons. The Morgan fingerprint density at radius 2 is 1.77 bits per heavy atom. The van der Waals surface area contributed by atoms with E-state index in [1.807, 2.05) is 6.07 Å². The minimum Gasteiger partial charge on any atom is -0.322 e. The third-order valence-corrected chi connectivity index (χ3v) is 8.66. The molecule has 1 saturated carbocycles. The Morgan fingerprint density at radius 1 is 1.03 bits per heavy atom. The van der Waals surface area contributed by atoms with Gasteiger partial charge in [0, 0.05) is 62.1 Å². The molecule has 164 valence electrons. The third kappa shape index (κ3) is 2.89. The van der Waals surface area contributed by atoms with E-state index in [-0.39, 0.29) is 24.1 Å². The van der Waals surface area contributed by atoms with Gasteiger partial charge >= 0.3 is 0 Å². The summed E-state index contributed by atoms with van der Waals surface area (Å²) in [5.41, 5.74) is 3.74. The number of nitrogens with one attached hydrogen (secondary N) is 2. The van der Waals surface area contributed by atoms with Gasteiger partial charge in [-0.25, -0.2) is 0 Å². The van der Waals surface area contributed by atoms with E-state index < -0.39 is 6.04 Å². The van der Waals surface area contributed by atoms with Crippen LogP contribution in [0.1, 0.15) is 60.0 Å². The molecule has 7 heteroatoms. The van der Waals surface area contributed by atoms with Gasteiger partial charge in [0.25, 0.3) is 5.91 Å². The van der Waals surface area contributed by atoms with E-state index in [4.69, 9.17) is 0 Å². The van der Waals surface area contributed by atoms with E-state index in [0.717, 1.165) is 43.9 Å². The van der Waals surface area contributed by atoms with Gasteiger partial charge in [0.2, 0.25) is 11.8 Å². The summed E-state index contributed by atoms with van der Waals surface area (Å²) in [5.74, 6) is -0.687. The lowest BCUT2D eigenvalue weighted by Gasteiger charge is -2.42. The average molecular weight is 423 g/mol. The maximum absolute atomic E-state index is 13.1. The highest BCUT2D eigenvalue weighted by molar-refractivity contribution is 6.05. The molecule has 1 aliphatic carbocycles. The first-order chi connectivity index (χ1) is 15.0. The molecule has 3 unspecified atom stereocenters. The maximum Gasteiger partial charge on any atom is 0.255 e. The van der Waals surface area contributed by atoms with Crippen molar-refractivity contribution < 1.29 is 14.4 Å². The van der Waals surface area contributed by atoms with E-state index in [2.05, 4.69) is 27.7 Å². The minimum absolute atomic E-state index is 0.0836. The highest BCUT2D eigenvalue weighted by Crippen LogP contribution is 2.57. The van der Waals surface area contributed by atoms with E-state index in [1.54, 1.807) is 4.90 Å². The Kier molecular flexibility index (Phi) is 4.31. The van der Waals surface area contributed by atoms with Crippen molar-refractivity contribution in [1.29, 1.82) is 0 Å². The van der Waals surface area contributed by atoms with E-state index in [1.165, 1.54) is 31.2 Å². The Labute approximate surface area is 182 Å². The van der Waals surface area contributed by atoms with Crippen molar-refractivity contribution >= 4 is 17.7 Å². The topological polar surface area (TPSA) is 81.8 Å². The fourth-order valence-electron chi connectivity index (χ4n) is 7.14. The van der Waals surface area contributed by atoms with Gasteiger partial charge in [-0.2, -0.15) is 0 Å². The summed E-state index contributed by atoms with van der Waals surface area (Å²) >= 11 is 0. The molecule has 0 spiro atoms. The lowest BCUT2D eigenvalue weighted by molar-refractivity contribution is -0.136. The molecule has 3 saturated heterocycles. The minimum atomic E-state index is -0.548. The van der Waals surface area contributed by atoms with Crippen molar-refractivity contribution in [2.24, 2.45) is 10.8 Å². The van der Waals surface area contributed by atoms with Crippen LogP contribution in [0.5, 0.6) is 0 Å². The molecule has 4 aliphatic heterocycles. The lowest BCUT2D eigenvalue weighted by Crippen LogP contribution is -2.52. The zero-order valence-corrected chi connectivity index (χ0v) is 17.9. The van der Waals surface area contributed by atoms with Gasteiger partial charge in [-0.3, -0.25) is 24.6 Å². The summed E-state index contributed by atoms with van der Waals surface area (Å²) in [6.07, 6.45) is 6.06. The van der Waals surface area contributed by atoms with Crippen LogP contribution < -0.4 is 10.6 Å². The van der Waals surface area contributed by atoms with E-state index >= 15 is 0 Å². The van der Waals surface area contributed by atoms with Gasteiger partial charge in [-0.15, -0.1) is 0 Å². The number of nitrogens with zero attached hydrogens (tertiary/aromatic N) is 2. The molecule has 1 aromatic rings. The Morgan fingerprint density at radius 3 is 2.48 bits per heavy atom. The summed E-state index contributed by atoms with van der Waals surface area (Å²) in [6.45, 7) is 5.91. The Hall–Kier alpha value is -2.25. The molecule has 5 aliphatic rings. The first-order valence-electron chi connectivity index (χ1n) is 11.7. The zero-order valence-electron chi connectivity index (χ0n) is 17.9. The molecule has 6 rings (SSSR count). The number of amides is 3. The molecular formula is C24H30N4O3. The largest absolute Gasteiger partial charge is 0.322 e. The van der Waals surface area contributed by atoms with Gasteiger partial charge in [0.15, 0.2) is 0 Å². The normalized spacial score (nSPS) is 35.2. The lowest BCUT2D eigenvalue weighted by atomic mass is 9.60. The number of imide groups is 1. The number of carbonyl (C=O) groups excluding carboxylic acids is 3. The van der Waals surface area contributed by atoms with Crippen LogP contribution >= 0.6 is 0 Å². The number of likely N-dealkylation sites (tertiary alicyclic amines) is 1. The number of hydrogen-bond acceptors (Lipinski definition) is 5. The van der Waals surface area contributed by atoms with Crippen LogP contribution in [-0.2, 0) is 22.7 Å². The highest BCUT2D eigenvalue weighted by Gasteiger charge is 2.60. The predicted molar refractivity (Wildman–Crippen MR) is 114 cm³/mol. The third-order valence-electron chi connectivity index (χ3n) is 8.66. The molecule has 1 aromatic carbocycles. The van der Waals surface area contributed by atoms with Crippen molar-refractivity contribution in [2.45, 2.75) is 57.7 Å². The molecule has 0 bridgehead atoms. The van der Waals surface area contributed by atoms with Crippen molar-refractivity contribution in [2.75, 3.05) is 26.2 Å². The SMILES string of the molecule is O=C1CCC(N2Cc3ccc(CN4CC56CCCCC5(CNC6)C4)cc3C2=O)C(=O)N1. The fourth-order valence-corrected chi connectivity index (χ4v) is 7.14. The van der Waals surface area contributed by atoms with Gasteiger partial charge in [0.05, 0.1) is 0 Å². The smallest absolute Gasteiger partial charge is 0.255 e. The Bertz CT molecular complexity index is 956. The first-order valence-corrected chi connectivity index (χ1v) is 11.7. The van der Waals surface area contributed by atoms with Gasteiger partial charge in [-0.05, 0) is 36.5 Å². The molecule has 2 N–H and O–H groups in total. The van der Waals surface area contributed by atoms with Crippen LogP contribution in [0.3, 0.4) is 0 Å². The average Bonchev–Trinajstić information content (AvgIpc) is 3.36. The fraction of sp³-hybridized carbons (Fsp3) is 0.625. The highest BCUT2D eigenvalue weighted by atomic mass is 16.2. The summed E-state index contributed by atoms with van der Waals surface area (Å²) in [4.78, 5) is 41.1. The van der Waals surface area contributed by atoms with Crippen LogP contribution in [0.25, 0.3) is 0 Å². The van der Waals surface area contributed by atoms with Crippen molar-refractivity contribution in [3.63, 3.8) is 0 Å². The van der Waals surface area contributed by atoms with Crippen LogP contribution in [0, 0.1) is 10.8 Å². The molecule has 4 heterocycles. The second-order valence-electron chi connectivity index (χ2n) is 10.4.